The molecule has 0 saturated heterocycles. The summed E-state index contributed by atoms with van der Waals surface area (Å²) in [6, 6.07) is 16.8. The van der Waals surface area contributed by atoms with Gasteiger partial charge in [0.2, 0.25) is 10.0 Å². The van der Waals surface area contributed by atoms with Crippen molar-refractivity contribution in [1.82, 2.24) is 24.6 Å². The van der Waals surface area contributed by atoms with E-state index in [0.29, 0.717) is 47.9 Å². The molecule has 3 heterocycles. The molecule has 0 fully saturated rings. The Hall–Kier alpha value is -4.61. The third-order valence-electron chi connectivity index (χ3n) is 8.10. The van der Waals surface area contributed by atoms with Crippen molar-refractivity contribution in [2.75, 3.05) is 18.9 Å². The lowest BCUT2D eigenvalue weighted by Gasteiger charge is -2.11. The van der Waals surface area contributed by atoms with Gasteiger partial charge in [-0.3, -0.25) is 14.6 Å². The Morgan fingerprint density at radius 3 is 2.40 bits per heavy atom. The molecule has 2 aromatic carbocycles. The number of carbonyl (C=O) groups is 2. The molecular formula is C35H38ClN5O5S. The van der Waals surface area contributed by atoms with E-state index in [-0.39, 0.29) is 18.1 Å². The number of rotatable bonds is 13. The number of nitrogens with zero attached hydrogens (tertiary/aromatic N) is 2. The Balaban J connectivity index is 1.19. The van der Waals surface area contributed by atoms with Crippen LogP contribution in [-0.4, -0.2) is 53.7 Å². The number of H-pyrrole nitrogens is 1. The van der Waals surface area contributed by atoms with E-state index in [9.17, 15) is 18.0 Å². The monoisotopic (exact) mass is 675 g/mol. The summed E-state index contributed by atoms with van der Waals surface area (Å²) in [5.74, 6) is -0.896. The molecule has 0 aliphatic carbocycles. The second-order valence-electron chi connectivity index (χ2n) is 11.6. The highest BCUT2D eigenvalue weighted by atomic mass is 35.5. The molecule has 12 heteroatoms. The van der Waals surface area contributed by atoms with Crippen LogP contribution < -0.4 is 14.8 Å². The molecule has 0 aliphatic rings. The number of benzene rings is 2. The molecule has 0 unspecified atom stereocenters. The van der Waals surface area contributed by atoms with Crippen LogP contribution in [-0.2, 0) is 23.0 Å². The zero-order chi connectivity index (χ0) is 33.7. The van der Waals surface area contributed by atoms with E-state index in [4.69, 9.17) is 16.3 Å². The lowest BCUT2D eigenvalue weighted by atomic mass is 10.1. The van der Waals surface area contributed by atoms with Crippen molar-refractivity contribution in [1.29, 1.82) is 0 Å². The summed E-state index contributed by atoms with van der Waals surface area (Å²) in [5, 5.41) is 4.23. The number of aromatic amines is 1. The number of ether oxygens (including phenoxy) is 1. The van der Waals surface area contributed by atoms with E-state index >= 15 is 0 Å². The van der Waals surface area contributed by atoms with Crippen LogP contribution in [0.1, 0.15) is 60.9 Å². The topological polar surface area (TPSA) is 135 Å². The molecule has 0 spiro atoms. The zero-order valence-electron chi connectivity index (χ0n) is 26.8. The Kier molecular flexibility index (Phi) is 10.4. The predicted octanol–water partition coefficient (Wildman–Crippen LogP) is 5.80. The third kappa shape index (κ3) is 8.04. The minimum atomic E-state index is -4.07. The number of amides is 2. The number of para-hydroxylation sites is 1. The maximum atomic E-state index is 13.3. The van der Waals surface area contributed by atoms with Crippen molar-refractivity contribution < 1.29 is 22.7 Å². The van der Waals surface area contributed by atoms with Crippen molar-refractivity contribution in [3.05, 3.63) is 117 Å². The molecule has 0 radical (unpaired) electrons. The predicted molar refractivity (Wildman–Crippen MR) is 184 cm³/mol. The first kappa shape index (κ1) is 33.7. The highest BCUT2D eigenvalue weighted by molar-refractivity contribution is 7.90. The van der Waals surface area contributed by atoms with Gasteiger partial charge in [0.15, 0.2) is 0 Å². The summed E-state index contributed by atoms with van der Waals surface area (Å²) >= 11 is 6.27. The molecule has 10 nitrogen and oxygen atoms in total. The van der Waals surface area contributed by atoms with Crippen molar-refractivity contribution >= 4 is 44.3 Å². The largest absolute Gasteiger partial charge is 0.494 e. The van der Waals surface area contributed by atoms with Crippen LogP contribution in [0.3, 0.4) is 0 Å². The summed E-state index contributed by atoms with van der Waals surface area (Å²) in [6.07, 6.45) is 4.50. The van der Waals surface area contributed by atoms with E-state index in [2.05, 4.69) is 20.0 Å². The Morgan fingerprint density at radius 2 is 1.68 bits per heavy atom. The van der Waals surface area contributed by atoms with E-state index in [1.807, 2.05) is 80.8 Å². The summed E-state index contributed by atoms with van der Waals surface area (Å²) in [7, 11) is -4.07. The van der Waals surface area contributed by atoms with Crippen molar-refractivity contribution in [2.45, 2.75) is 47.1 Å². The fourth-order valence-electron chi connectivity index (χ4n) is 5.66. The molecule has 5 rings (SSSR count). The third-order valence-corrected chi connectivity index (χ3v) is 9.94. The number of carbonyl (C=O) groups excluding carboxylic acids is 2. The van der Waals surface area contributed by atoms with Gasteiger partial charge in [0, 0.05) is 52.8 Å². The lowest BCUT2D eigenvalue weighted by Crippen LogP contribution is -2.38. The number of nitrogens with one attached hydrogen (secondary N) is 3. The van der Waals surface area contributed by atoms with Gasteiger partial charge < -0.3 is 19.6 Å². The minimum Gasteiger partial charge on any atom is -0.494 e. The first-order valence-corrected chi connectivity index (χ1v) is 17.3. The molecule has 2 amide bonds. The van der Waals surface area contributed by atoms with Crippen LogP contribution >= 0.6 is 11.6 Å². The van der Waals surface area contributed by atoms with Gasteiger partial charge in [-0.1, -0.05) is 29.8 Å². The molecule has 0 aliphatic heterocycles. The van der Waals surface area contributed by atoms with Crippen LogP contribution in [0.15, 0.2) is 67.0 Å². The average molecular weight is 676 g/mol. The fourth-order valence-corrected chi connectivity index (χ4v) is 6.63. The highest BCUT2D eigenvalue weighted by Crippen LogP contribution is 2.27. The van der Waals surface area contributed by atoms with E-state index in [0.717, 1.165) is 39.0 Å². The van der Waals surface area contributed by atoms with Gasteiger partial charge in [0.25, 0.3) is 11.8 Å². The molecule has 5 aromatic rings. The molecule has 0 atom stereocenters. The van der Waals surface area contributed by atoms with Gasteiger partial charge in [0.1, 0.15) is 11.4 Å². The quantitative estimate of drug-likeness (QED) is 0.135. The van der Waals surface area contributed by atoms with Crippen LogP contribution in [0.2, 0.25) is 5.02 Å². The van der Waals surface area contributed by atoms with E-state index in [1.54, 1.807) is 18.5 Å². The SMILES string of the molecule is Cc1cc(OCCCc2c(C(=O)NS(=O)(=O)CCNC(=O)c3cc(C)n(Cc4ccncc4)c3C)[nH]c3ccccc23)cc(C)c1Cl. The fraction of sp³-hybridized carbons (Fsp3) is 0.286. The van der Waals surface area contributed by atoms with Gasteiger partial charge in [-0.2, -0.15) is 0 Å². The number of sulfonamides is 1. The average Bonchev–Trinajstić information content (AvgIpc) is 3.55. The van der Waals surface area contributed by atoms with Crippen LogP contribution in [0.5, 0.6) is 5.75 Å². The van der Waals surface area contributed by atoms with Gasteiger partial charge in [-0.15, -0.1) is 0 Å². The first-order chi connectivity index (χ1) is 22.4. The van der Waals surface area contributed by atoms with E-state index in [1.165, 1.54) is 0 Å². The second-order valence-corrected chi connectivity index (χ2v) is 13.8. The normalized spacial score (nSPS) is 11.5. The Labute approximate surface area is 279 Å². The smallest absolute Gasteiger partial charge is 0.281 e. The molecule has 3 aromatic heterocycles. The van der Waals surface area contributed by atoms with Crippen LogP contribution in [0.25, 0.3) is 10.9 Å². The molecular weight excluding hydrogens is 638 g/mol. The summed E-state index contributed by atoms with van der Waals surface area (Å²) in [6.45, 7) is 8.42. The summed E-state index contributed by atoms with van der Waals surface area (Å²) in [4.78, 5) is 33.4. The van der Waals surface area contributed by atoms with Crippen LogP contribution in [0, 0.1) is 27.7 Å². The summed E-state index contributed by atoms with van der Waals surface area (Å²) < 4.78 is 36.0. The zero-order valence-corrected chi connectivity index (χ0v) is 28.4. The van der Waals surface area contributed by atoms with Crippen molar-refractivity contribution in [2.24, 2.45) is 0 Å². The Morgan fingerprint density at radius 1 is 0.979 bits per heavy atom. The highest BCUT2D eigenvalue weighted by Gasteiger charge is 2.23. The molecule has 3 N–H and O–H groups in total. The lowest BCUT2D eigenvalue weighted by molar-refractivity contribution is 0.0954. The Bertz CT molecular complexity index is 2010. The molecule has 0 bridgehead atoms. The van der Waals surface area contributed by atoms with Gasteiger partial charge in [-0.05, 0) is 99.2 Å². The van der Waals surface area contributed by atoms with Gasteiger partial charge in [-0.25, -0.2) is 13.1 Å². The maximum Gasteiger partial charge on any atom is 0.281 e. The maximum absolute atomic E-state index is 13.3. The molecule has 47 heavy (non-hydrogen) atoms. The van der Waals surface area contributed by atoms with Crippen LogP contribution in [0.4, 0.5) is 0 Å². The number of fused-ring (bicyclic) bond motifs is 1. The number of aromatic nitrogens is 3. The molecule has 246 valence electrons. The number of halogens is 1. The number of aryl methyl sites for hydroxylation is 4. The van der Waals surface area contributed by atoms with Gasteiger partial charge in [0.05, 0.1) is 17.9 Å². The number of hydrogen-bond acceptors (Lipinski definition) is 6. The first-order valence-electron chi connectivity index (χ1n) is 15.3. The van der Waals surface area contributed by atoms with Gasteiger partial charge >= 0.3 is 0 Å². The number of pyridine rings is 1. The van der Waals surface area contributed by atoms with Crippen molar-refractivity contribution in [3.63, 3.8) is 0 Å². The molecule has 0 saturated carbocycles. The summed E-state index contributed by atoms with van der Waals surface area (Å²) in [5.41, 5.74) is 6.65. The standard InChI is InChI=1S/C35H38ClN5O5S/c1-22-18-27(19-23(2)32(22)36)46-16-7-9-29-28-8-5-6-10-31(28)39-33(29)35(43)40-47(44,45)17-15-38-34(42)30-20-24(3)41(25(30)4)21-26-11-13-37-14-12-26/h5-6,8,10-14,18-20,39H,7,9,15-17,21H2,1-4H3,(H,38,42)(H,40,43). The second kappa shape index (κ2) is 14.4. The number of hydrogen-bond donors (Lipinski definition) is 3. The van der Waals surface area contributed by atoms with Crippen molar-refractivity contribution in [3.8, 4) is 5.75 Å². The minimum absolute atomic E-state index is 0.171. The van der Waals surface area contributed by atoms with E-state index < -0.39 is 21.7 Å².